The fraction of sp³-hybridized carbons (Fsp3) is 0.154. The van der Waals surface area contributed by atoms with Gasteiger partial charge in [-0.1, -0.05) is 30.3 Å². The Balaban J connectivity index is 1.08. The van der Waals surface area contributed by atoms with E-state index in [1.54, 1.807) is 73.8 Å². The molecule has 1 aromatic heterocycles. The lowest BCUT2D eigenvalue weighted by atomic mass is 10.1. The number of piperazine rings is 1. The number of methoxy groups -OCH3 is 1. The number of carbonyl (C=O) groups is 3. The number of rotatable bonds is 11. The monoisotopic (exact) mass is 690 g/mol. The molecule has 5 aromatic rings. The molecule has 0 bridgehead atoms. The predicted octanol–water partition coefficient (Wildman–Crippen LogP) is 6.94. The van der Waals surface area contributed by atoms with Crippen molar-refractivity contribution in [3.8, 4) is 17.1 Å². The van der Waals surface area contributed by atoms with Gasteiger partial charge in [-0.2, -0.15) is 0 Å². The molecule has 254 valence electrons. The Bertz CT molecular complexity index is 1970. The van der Waals surface area contributed by atoms with Gasteiger partial charge in [0.1, 0.15) is 28.8 Å². The highest BCUT2D eigenvalue weighted by Gasteiger charge is 2.22. The molecule has 0 saturated carbocycles. The van der Waals surface area contributed by atoms with E-state index in [0.29, 0.717) is 54.7 Å². The number of carbonyl (C=O) groups excluding carboxylic acids is 3. The van der Waals surface area contributed by atoms with E-state index in [1.807, 2.05) is 41.3 Å². The summed E-state index contributed by atoms with van der Waals surface area (Å²) in [5.74, 6) is 0.604. The second-order valence-electron chi connectivity index (χ2n) is 11.4. The van der Waals surface area contributed by atoms with E-state index in [9.17, 15) is 18.8 Å². The van der Waals surface area contributed by atoms with Crippen LogP contribution in [0.15, 0.2) is 130 Å². The average Bonchev–Trinajstić information content (AvgIpc) is 3.63. The van der Waals surface area contributed by atoms with Crippen LogP contribution in [0, 0.1) is 5.82 Å². The molecule has 2 heterocycles. The number of nitrogens with zero attached hydrogens (tertiary/aromatic N) is 2. The first-order chi connectivity index (χ1) is 24.4. The van der Waals surface area contributed by atoms with Crippen LogP contribution in [0.5, 0.6) is 5.75 Å². The fourth-order valence-electron chi connectivity index (χ4n) is 5.44. The summed E-state index contributed by atoms with van der Waals surface area (Å²) in [6.07, 6.45) is 1.48. The van der Waals surface area contributed by atoms with E-state index >= 15 is 0 Å². The van der Waals surface area contributed by atoms with Gasteiger partial charge >= 0.3 is 0 Å². The Morgan fingerprint density at radius 3 is 2.26 bits per heavy atom. The molecular weight excluding hydrogens is 656 g/mol. The molecule has 9 nitrogen and oxygen atoms in total. The molecule has 0 unspecified atom stereocenters. The van der Waals surface area contributed by atoms with Gasteiger partial charge in [0, 0.05) is 54.1 Å². The van der Waals surface area contributed by atoms with Gasteiger partial charge in [-0.15, -0.1) is 11.8 Å². The summed E-state index contributed by atoms with van der Waals surface area (Å²) >= 11 is 1.42. The molecular formula is C39H35FN4O5S. The van der Waals surface area contributed by atoms with E-state index in [0.717, 1.165) is 16.1 Å². The van der Waals surface area contributed by atoms with Crippen molar-refractivity contribution in [2.75, 3.05) is 49.3 Å². The number of nitrogens with one attached hydrogen (secondary N) is 2. The van der Waals surface area contributed by atoms with E-state index < -0.39 is 11.8 Å². The van der Waals surface area contributed by atoms with Crippen molar-refractivity contribution in [2.24, 2.45) is 0 Å². The lowest BCUT2D eigenvalue weighted by molar-refractivity contribution is -0.128. The number of thioether (sulfide) groups is 1. The number of hydrogen-bond acceptors (Lipinski definition) is 7. The minimum absolute atomic E-state index is 0.0108. The van der Waals surface area contributed by atoms with Crippen molar-refractivity contribution in [2.45, 2.75) is 4.90 Å². The molecule has 11 heteroatoms. The first kappa shape index (κ1) is 34.1. The zero-order chi connectivity index (χ0) is 34.9. The molecule has 1 aliphatic rings. The van der Waals surface area contributed by atoms with Gasteiger partial charge in [0.2, 0.25) is 5.91 Å². The molecule has 1 aliphatic heterocycles. The largest absolute Gasteiger partial charge is 0.496 e. The van der Waals surface area contributed by atoms with Crippen molar-refractivity contribution in [1.29, 1.82) is 0 Å². The molecule has 1 saturated heterocycles. The molecule has 0 atom stereocenters. The quantitative estimate of drug-likeness (QED) is 0.114. The smallest absolute Gasteiger partial charge is 0.272 e. The van der Waals surface area contributed by atoms with Crippen molar-refractivity contribution < 1.29 is 27.9 Å². The zero-order valence-electron chi connectivity index (χ0n) is 27.3. The van der Waals surface area contributed by atoms with Crippen LogP contribution in [0.4, 0.5) is 15.8 Å². The molecule has 0 spiro atoms. The standard InChI is InChI=1S/C39H35FN4O5S/c1-48-35-10-6-5-9-33(35)36-20-17-31(49-36)25-34(42-38(46)27-7-3-2-4-8-27)39(47)41-29-13-18-32(19-14-29)50-26-37(45)44-23-21-43(22-24-44)30-15-11-28(40)12-16-30/h2-20,25H,21-24,26H2,1H3,(H,41,47)(H,42,46). The number of para-hydroxylation sites is 1. The SMILES string of the molecule is COc1ccccc1-c1ccc(C=C(NC(=O)c2ccccc2)C(=O)Nc2ccc(SCC(=O)N3CCN(c4ccc(F)cc4)CC3)cc2)o1. The van der Waals surface area contributed by atoms with Gasteiger partial charge in [-0.05, 0) is 84.9 Å². The Morgan fingerprint density at radius 1 is 0.840 bits per heavy atom. The molecule has 1 fully saturated rings. The average molecular weight is 691 g/mol. The Hall–Kier alpha value is -5.81. The number of ether oxygens (including phenoxy) is 1. The summed E-state index contributed by atoms with van der Waals surface area (Å²) in [4.78, 5) is 44.4. The van der Waals surface area contributed by atoms with Crippen LogP contribution in [0.1, 0.15) is 16.1 Å². The normalized spacial score (nSPS) is 13.1. The zero-order valence-corrected chi connectivity index (χ0v) is 28.1. The van der Waals surface area contributed by atoms with Gasteiger partial charge in [0.25, 0.3) is 11.8 Å². The van der Waals surface area contributed by atoms with Gasteiger partial charge in [-0.3, -0.25) is 14.4 Å². The molecule has 50 heavy (non-hydrogen) atoms. The first-order valence-corrected chi connectivity index (χ1v) is 17.0. The summed E-state index contributed by atoms with van der Waals surface area (Å²) in [5, 5.41) is 5.57. The summed E-state index contributed by atoms with van der Waals surface area (Å²) in [6.45, 7) is 2.55. The molecule has 2 N–H and O–H groups in total. The number of benzene rings is 4. The fourth-order valence-corrected chi connectivity index (χ4v) is 6.24. The first-order valence-electron chi connectivity index (χ1n) is 16.0. The van der Waals surface area contributed by atoms with Crippen molar-refractivity contribution in [3.05, 3.63) is 138 Å². The summed E-state index contributed by atoms with van der Waals surface area (Å²) in [6, 6.07) is 33.1. The van der Waals surface area contributed by atoms with Crippen molar-refractivity contribution in [1.82, 2.24) is 10.2 Å². The molecule has 0 aliphatic carbocycles. The van der Waals surface area contributed by atoms with E-state index in [2.05, 4.69) is 15.5 Å². The van der Waals surface area contributed by atoms with E-state index in [1.165, 1.54) is 30.0 Å². The van der Waals surface area contributed by atoms with Gasteiger partial charge in [0.15, 0.2) is 0 Å². The van der Waals surface area contributed by atoms with Gasteiger partial charge in [-0.25, -0.2) is 4.39 Å². The number of hydrogen-bond donors (Lipinski definition) is 2. The third-order valence-corrected chi connectivity index (χ3v) is 9.11. The van der Waals surface area contributed by atoms with Gasteiger partial charge < -0.3 is 29.6 Å². The minimum Gasteiger partial charge on any atom is -0.496 e. The van der Waals surface area contributed by atoms with Crippen LogP contribution in [0.25, 0.3) is 17.4 Å². The Labute approximate surface area is 293 Å². The molecule has 3 amide bonds. The molecule has 6 rings (SSSR count). The maximum Gasteiger partial charge on any atom is 0.272 e. The van der Waals surface area contributed by atoms with Crippen LogP contribution < -0.4 is 20.3 Å². The lowest BCUT2D eigenvalue weighted by Crippen LogP contribution is -2.49. The van der Waals surface area contributed by atoms with Crippen LogP contribution in [0.2, 0.25) is 0 Å². The van der Waals surface area contributed by atoms with Crippen molar-refractivity contribution >= 4 is 46.9 Å². The Morgan fingerprint density at radius 2 is 1.54 bits per heavy atom. The van der Waals surface area contributed by atoms with Crippen LogP contribution in [-0.4, -0.2) is 61.7 Å². The number of furan rings is 1. The second kappa shape index (κ2) is 16.1. The highest BCUT2D eigenvalue weighted by Crippen LogP contribution is 2.31. The molecule has 0 radical (unpaired) electrons. The third-order valence-electron chi connectivity index (χ3n) is 8.11. The van der Waals surface area contributed by atoms with Crippen LogP contribution in [-0.2, 0) is 9.59 Å². The maximum absolute atomic E-state index is 13.5. The van der Waals surface area contributed by atoms with Crippen LogP contribution >= 0.6 is 11.8 Å². The highest BCUT2D eigenvalue weighted by molar-refractivity contribution is 8.00. The van der Waals surface area contributed by atoms with E-state index in [-0.39, 0.29) is 23.2 Å². The van der Waals surface area contributed by atoms with Gasteiger partial charge in [0.05, 0.1) is 18.4 Å². The number of anilines is 2. The summed E-state index contributed by atoms with van der Waals surface area (Å²) in [7, 11) is 1.58. The second-order valence-corrected chi connectivity index (χ2v) is 12.4. The predicted molar refractivity (Wildman–Crippen MR) is 194 cm³/mol. The maximum atomic E-state index is 13.5. The third kappa shape index (κ3) is 8.61. The molecule has 4 aromatic carbocycles. The number of halogens is 1. The Kier molecular flexibility index (Phi) is 10.9. The van der Waals surface area contributed by atoms with Crippen LogP contribution in [0.3, 0.4) is 0 Å². The number of amides is 3. The van der Waals surface area contributed by atoms with Crippen molar-refractivity contribution in [3.63, 3.8) is 0 Å². The summed E-state index contributed by atoms with van der Waals surface area (Å²) in [5.41, 5.74) is 2.59. The lowest BCUT2D eigenvalue weighted by Gasteiger charge is -2.36. The highest BCUT2D eigenvalue weighted by atomic mass is 32.2. The summed E-state index contributed by atoms with van der Waals surface area (Å²) < 4.78 is 24.8. The topological polar surface area (TPSA) is 104 Å². The van der Waals surface area contributed by atoms with E-state index in [4.69, 9.17) is 9.15 Å². The minimum atomic E-state index is -0.542.